The standard InChI is InChI=1S/C23H29NO3/c1-22(2,3)27-21(25)24-16-14-20(15-17-24)23(26,18-10-6-4-7-11-18)19-12-8-5-9-13-19/h4-13,20,26H,14-17H2,1-3H3. The largest absolute Gasteiger partial charge is 0.444 e. The number of hydrogen-bond donors (Lipinski definition) is 1. The third-order valence-electron chi connectivity index (χ3n) is 5.17. The minimum Gasteiger partial charge on any atom is -0.444 e. The first-order chi connectivity index (χ1) is 12.8. The Hall–Kier alpha value is -2.33. The third kappa shape index (κ3) is 4.33. The maximum atomic E-state index is 12.4. The SMILES string of the molecule is CC(C)(C)OC(=O)N1CCC(C(O)(c2ccccc2)c2ccccc2)CC1. The van der Waals surface area contributed by atoms with Gasteiger partial charge in [-0.2, -0.15) is 0 Å². The van der Waals surface area contributed by atoms with Gasteiger partial charge in [0.15, 0.2) is 0 Å². The molecule has 4 nitrogen and oxygen atoms in total. The van der Waals surface area contributed by atoms with Crippen LogP contribution < -0.4 is 0 Å². The Labute approximate surface area is 161 Å². The van der Waals surface area contributed by atoms with Crippen molar-refractivity contribution >= 4 is 6.09 Å². The molecule has 0 aliphatic carbocycles. The van der Waals surface area contributed by atoms with Gasteiger partial charge in [-0.25, -0.2) is 4.79 Å². The molecule has 2 aromatic carbocycles. The van der Waals surface area contributed by atoms with Crippen molar-refractivity contribution in [3.8, 4) is 0 Å². The fourth-order valence-electron chi connectivity index (χ4n) is 3.83. The predicted octanol–water partition coefficient (Wildman–Crippen LogP) is 4.57. The normalized spacial score (nSPS) is 16.2. The molecule has 3 rings (SSSR count). The molecule has 1 fully saturated rings. The number of amides is 1. The first-order valence-electron chi connectivity index (χ1n) is 9.62. The Kier molecular flexibility index (Phi) is 5.56. The Morgan fingerprint density at radius 3 is 1.78 bits per heavy atom. The Morgan fingerprint density at radius 1 is 0.926 bits per heavy atom. The van der Waals surface area contributed by atoms with Crippen LogP contribution >= 0.6 is 0 Å². The monoisotopic (exact) mass is 367 g/mol. The first kappa shape index (κ1) is 19.4. The summed E-state index contributed by atoms with van der Waals surface area (Å²) in [5.41, 5.74) is 0.226. The average molecular weight is 367 g/mol. The van der Waals surface area contributed by atoms with Gasteiger partial charge >= 0.3 is 6.09 Å². The van der Waals surface area contributed by atoms with E-state index in [2.05, 4.69) is 0 Å². The van der Waals surface area contributed by atoms with Crippen molar-refractivity contribution < 1.29 is 14.6 Å². The molecule has 0 atom stereocenters. The lowest BCUT2D eigenvalue weighted by molar-refractivity contribution is -0.0237. The molecule has 0 radical (unpaired) electrons. The summed E-state index contributed by atoms with van der Waals surface area (Å²) in [7, 11) is 0. The molecule has 1 saturated heterocycles. The van der Waals surface area contributed by atoms with Crippen molar-refractivity contribution in [1.82, 2.24) is 4.90 Å². The molecule has 0 aromatic heterocycles. The summed E-state index contributed by atoms with van der Waals surface area (Å²) in [6.45, 7) is 6.80. The van der Waals surface area contributed by atoms with Crippen molar-refractivity contribution in [1.29, 1.82) is 0 Å². The van der Waals surface area contributed by atoms with Crippen molar-refractivity contribution in [2.24, 2.45) is 5.92 Å². The van der Waals surface area contributed by atoms with Crippen molar-refractivity contribution in [3.63, 3.8) is 0 Å². The first-order valence-corrected chi connectivity index (χ1v) is 9.62. The number of piperidine rings is 1. The zero-order chi connectivity index (χ0) is 19.5. The summed E-state index contributed by atoms with van der Waals surface area (Å²) in [6, 6.07) is 19.7. The van der Waals surface area contributed by atoms with Crippen LogP contribution in [-0.2, 0) is 10.3 Å². The molecular weight excluding hydrogens is 338 g/mol. The Morgan fingerprint density at radius 2 is 1.37 bits per heavy atom. The van der Waals surface area contributed by atoms with Crippen LogP contribution in [0.3, 0.4) is 0 Å². The highest BCUT2D eigenvalue weighted by molar-refractivity contribution is 5.68. The molecule has 0 spiro atoms. The number of likely N-dealkylation sites (tertiary alicyclic amines) is 1. The van der Waals surface area contributed by atoms with E-state index in [1.165, 1.54) is 0 Å². The number of hydrogen-bond acceptors (Lipinski definition) is 3. The molecule has 2 aromatic rings. The lowest BCUT2D eigenvalue weighted by Crippen LogP contribution is -2.47. The third-order valence-corrected chi connectivity index (χ3v) is 5.17. The highest BCUT2D eigenvalue weighted by Gasteiger charge is 2.42. The zero-order valence-electron chi connectivity index (χ0n) is 16.4. The molecule has 0 saturated carbocycles. The van der Waals surface area contributed by atoms with Gasteiger partial charge in [-0.3, -0.25) is 0 Å². The molecular formula is C23H29NO3. The van der Waals surface area contributed by atoms with Crippen molar-refractivity contribution in [2.75, 3.05) is 13.1 Å². The predicted molar refractivity (Wildman–Crippen MR) is 106 cm³/mol. The molecule has 27 heavy (non-hydrogen) atoms. The van der Waals surface area contributed by atoms with Crippen LogP contribution in [0.15, 0.2) is 60.7 Å². The number of rotatable bonds is 3. The smallest absolute Gasteiger partial charge is 0.410 e. The molecule has 1 N–H and O–H groups in total. The number of carbonyl (C=O) groups excluding carboxylic acids is 1. The van der Waals surface area contributed by atoms with E-state index < -0.39 is 11.2 Å². The van der Waals surface area contributed by atoms with Gasteiger partial charge in [-0.05, 0) is 50.7 Å². The van der Waals surface area contributed by atoms with Crippen molar-refractivity contribution in [2.45, 2.75) is 44.8 Å². The van der Waals surface area contributed by atoms with Crippen molar-refractivity contribution in [3.05, 3.63) is 71.8 Å². The van der Waals surface area contributed by atoms with E-state index in [0.29, 0.717) is 13.1 Å². The van der Waals surface area contributed by atoms with E-state index in [4.69, 9.17) is 4.74 Å². The number of carbonyl (C=O) groups is 1. The van der Waals surface area contributed by atoms with Gasteiger partial charge in [0.05, 0.1) is 0 Å². The van der Waals surface area contributed by atoms with Crippen LogP contribution in [0.25, 0.3) is 0 Å². The van der Waals surface area contributed by atoms with Gasteiger partial charge in [-0.15, -0.1) is 0 Å². The van der Waals surface area contributed by atoms with Crippen LogP contribution in [0, 0.1) is 5.92 Å². The number of benzene rings is 2. The van der Waals surface area contributed by atoms with E-state index in [1.807, 2.05) is 81.4 Å². The van der Waals surface area contributed by atoms with Crippen LogP contribution in [0.1, 0.15) is 44.7 Å². The van der Waals surface area contributed by atoms with E-state index in [9.17, 15) is 9.90 Å². The quantitative estimate of drug-likeness (QED) is 0.864. The summed E-state index contributed by atoms with van der Waals surface area (Å²) >= 11 is 0. The van der Waals surface area contributed by atoms with Gasteiger partial charge in [-0.1, -0.05) is 60.7 Å². The summed E-state index contributed by atoms with van der Waals surface area (Å²) in [4.78, 5) is 14.1. The molecule has 1 aliphatic heterocycles. The fraction of sp³-hybridized carbons (Fsp3) is 0.435. The minimum atomic E-state index is -1.07. The summed E-state index contributed by atoms with van der Waals surface area (Å²) in [6.07, 6.45) is 1.17. The van der Waals surface area contributed by atoms with E-state index >= 15 is 0 Å². The lowest BCUT2D eigenvalue weighted by Gasteiger charge is -2.42. The van der Waals surface area contributed by atoms with E-state index in [0.717, 1.165) is 24.0 Å². The maximum Gasteiger partial charge on any atom is 0.410 e. The molecule has 1 aliphatic rings. The average Bonchev–Trinajstić information content (AvgIpc) is 2.67. The maximum absolute atomic E-state index is 12.4. The van der Waals surface area contributed by atoms with Crippen LogP contribution in [-0.4, -0.2) is 34.8 Å². The second-order valence-electron chi connectivity index (χ2n) is 8.24. The summed E-state index contributed by atoms with van der Waals surface area (Å²) in [5, 5.41) is 11.9. The van der Waals surface area contributed by atoms with Crippen LogP contribution in [0.2, 0.25) is 0 Å². The van der Waals surface area contributed by atoms with Gasteiger partial charge in [0, 0.05) is 13.1 Å². The van der Waals surface area contributed by atoms with Gasteiger partial charge in [0.25, 0.3) is 0 Å². The fourth-order valence-corrected chi connectivity index (χ4v) is 3.83. The molecule has 0 bridgehead atoms. The molecule has 4 heteroatoms. The number of nitrogens with zero attached hydrogens (tertiary/aromatic N) is 1. The molecule has 0 unspecified atom stereocenters. The molecule has 1 amide bonds. The molecule has 1 heterocycles. The minimum absolute atomic E-state index is 0.0287. The second kappa shape index (κ2) is 7.73. The van der Waals surface area contributed by atoms with E-state index in [1.54, 1.807) is 4.90 Å². The van der Waals surface area contributed by atoms with Gasteiger partial charge in [0.2, 0.25) is 0 Å². The number of aliphatic hydroxyl groups is 1. The topological polar surface area (TPSA) is 49.8 Å². The summed E-state index contributed by atoms with van der Waals surface area (Å²) in [5.74, 6) is 0.0287. The summed E-state index contributed by atoms with van der Waals surface area (Å²) < 4.78 is 5.49. The number of ether oxygens (including phenoxy) is 1. The van der Waals surface area contributed by atoms with Crippen LogP contribution in [0.5, 0.6) is 0 Å². The Bertz CT molecular complexity index is 705. The van der Waals surface area contributed by atoms with E-state index in [-0.39, 0.29) is 12.0 Å². The van der Waals surface area contributed by atoms with Crippen LogP contribution in [0.4, 0.5) is 4.79 Å². The van der Waals surface area contributed by atoms with Gasteiger partial charge in [0.1, 0.15) is 11.2 Å². The Balaban J connectivity index is 1.81. The highest BCUT2D eigenvalue weighted by Crippen LogP contribution is 2.42. The molecule has 144 valence electrons. The van der Waals surface area contributed by atoms with Gasteiger partial charge < -0.3 is 14.7 Å². The highest BCUT2D eigenvalue weighted by atomic mass is 16.6. The zero-order valence-corrected chi connectivity index (χ0v) is 16.4. The second-order valence-corrected chi connectivity index (χ2v) is 8.24. The lowest BCUT2D eigenvalue weighted by atomic mass is 9.72.